The lowest BCUT2D eigenvalue weighted by molar-refractivity contribution is 0.0300. The zero-order valence-electron chi connectivity index (χ0n) is 15.0. The van der Waals surface area contributed by atoms with Gasteiger partial charge < -0.3 is 24.8 Å². The molecule has 8 nitrogen and oxygen atoms in total. The second-order valence-corrected chi connectivity index (χ2v) is 7.28. The molecule has 0 aromatic carbocycles. The van der Waals surface area contributed by atoms with Gasteiger partial charge in [0.25, 0.3) is 0 Å². The van der Waals surface area contributed by atoms with Gasteiger partial charge in [-0.05, 0) is 19.8 Å². The number of nitrogens with one attached hydrogen (secondary N) is 2. The summed E-state index contributed by atoms with van der Waals surface area (Å²) < 4.78 is 17.6. The molecule has 0 spiro atoms. The van der Waals surface area contributed by atoms with Crippen molar-refractivity contribution in [2.75, 3.05) is 13.2 Å². The lowest BCUT2D eigenvalue weighted by Gasteiger charge is -2.24. The highest BCUT2D eigenvalue weighted by molar-refractivity contribution is 5.74. The van der Waals surface area contributed by atoms with Gasteiger partial charge in [0.15, 0.2) is 11.9 Å². The summed E-state index contributed by atoms with van der Waals surface area (Å²) >= 11 is 0. The normalized spacial score (nSPS) is 31.4. The van der Waals surface area contributed by atoms with Crippen LogP contribution in [0.3, 0.4) is 0 Å². The minimum Gasteiger partial charge on any atom is -0.482 e. The van der Waals surface area contributed by atoms with Crippen molar-refractivity contribution >= 4 is 6.03 Å². The highest BCUT2D eigenvalue weighted by Crippen LogP contribution is 2.29. The highest BCUT2D eigenvalue weighted by Gasteiger charge is 2.49. The zero-order chi connectivity index (χ0) is 17.9. The SMILES string of the molecule is Cc1ncc(O[C@H]2CO[C@H]3[C@@H]2OC[C@@H]3NC(=O)NC2CCCCC2)cn1. The molecule has 2 amide bonds. The molecular weight excluding hydrogens is 336 g/mol. The van der Waals surface area contributed by atoms with Crippen LogP contribution in [0.15, 0.2) is 12.4 Å². The molecule has 26 heavy (non-hydrogen) atoms. The van der Waals surface area contributed by atoms with Gasteiger partial charge in [-0.15, -0.1) is 0 Å². The molecule has 1 saturated carbocycles. The third kappa shape index (κ3) is 3.91. The van der Waals surface area contributed by atoms with Gasteiger partial charge in [-0.25, -0.2) is 14.8 Å². The number of aromatic nitrogens is 2. The van der Waals surface area contributed by atoms with Crippen LogP contribution in [0.1, 0.15) is 37.9 Å². The van der Waals surface area contributed by atoms with Crippen LogP contribution in [0.25, 0.3) is 0 Å². The van der Waals surface area contributed by atoms with Crippen LogP contribution < -0.4 is 15.4 Å². The minimum absolute atomic E-state index is 0.133. The Labute approximate surface area is 153 Å². The number of rotatable bonds is 4. The molecule has 0 bridgehead atoms. The van der Waals surface area contributed by atoms with Crippen molar-refractivity contribution in [3.63, 3.8) is 0 Å². The van der Waals surface area contributed by atoms with Crippen LogP contribution in [0, 0.1) is 6.92 Å². The molecular formula is C18H26N4O4. The number of carbonyl (C=O) groups excluding carboxylic acids is 1. The fraction of sp³-hybridized carbons (Fsp3) is 0.722. The monoisotopic (exact) mass is 362 g/mol. The second kappa shape index (κ2) is 7.75. The summed E-state index contributed by atoms with van der Waals surface area (Å²) in [6.07, 6.45) is 8.45. The standard InChI is InChI=1S/C18H26N4O4/c1-11-19-7-13(8-20-11)26-15-10-25-16-14(9-24-17(15)16)22-18(23)21-12-5-3-2-4-6-12/h7-8,12,14-17H,2-6,9-10H2,1H3,(H2,21,22,23)/t14-,15-,16+,17+/m0/s1. The first-order valence-corrected chi connectivity index (χ1v) is 9.44. The second-order valence-electron chi connectivity index (χ2n) is 7.28. The van der Waals surface area contributed by atoms with Crippen molar-refractivity contribution < 1.29 is 19.0 Å². The number of amides is 2. The van der Waals surface area contributed by atoms with Gasteiger partial charge in [-0.3, -0.25) is 0 Å². The van der Waals surface area contributed by atoms with E-state index in [4.69, 9.17) is 14.2 Å². The molecule has 1 aromatic heterocycles. The van der Waals surface area contributed by atoms with Gasteiger partial charge in [0.1, 0.15) is 18.0 Å². The first-order valence-electron chi connectivity index (χ1n) is 9.44. The summed E-state index contributed by atoms with van der Waals surface area (Å²) in [5.74, 6) is 1.29. The van der Waals surface area contributed by atoms with Crippen LogP contribution in [0.2, 0.25) is 0 Å². The number of aryl methyl sites for hydroxylation is 1. The van der Waals surface area contributed by atoms with E-state index in [-0.39, 0.29) is 36.4 Å². The van der Waals surface area contributed by atoms with Crippen LogP contribution in [-0.4, -0.2) is 59.6 Å². The molecule has 0 unspecified atom stereocenters. The first-order chi connectivity index (χ1) is 12.7. The van der Waals surface area contributed by atoms with Crippen molar-refractivity contribution in [2.24, 2.45) is 0 Å². The maximum absolute atomic E-state index is 12.3. The molecule has 0 radical (unpaired) electrons. The lowest BCUT2D eigenvalue weighted by atomic mass is 9.96. The molecule has 1 aromatic rings. The van der Waals surface area contributed by atoms with Crippen molar-refractivity contribution in [1.82, 2.24) is 20.6 Å². The van der Waals surface area contributed by atoms with Crippen LogP contribution >= 0.6 is 0 Å². The third-order valence-corrected chi connectivity index (χ3v) is 5.31. The van der Waals surface area contributed by atoms with E-state index in [0.29, 0.717) is 24.8 Å². The van der Waals surface area contributed by atoms with E-state index in [0.717, 1.165) is 12.8 Å². The fourth-order valence-corrected chi connectivity index (χ4v) is 3.95. The molecule has 1 aliphatic carbocycles. The lowest BCUT2D eigenvalue weighted by Crippen LogP contribution is -2.51. The average Bonchev–Trinajstić information content (AvgIpc) is 3.22. The highest BCUT2D eigenvalue weighted by atomic mass is 16.6. The van der Waals surface area contributed by atoms with E-state index in [1.54, 1.807) is 12.4 Å². The largest absolute Gasteiger partial charge is 0.482 e. The molecule has 2 saturated heterocycles. The summed E-state index contributed by atoms with van der Waals surface area (Å²) in [5, 5.41) is 6.08. The summed E-state index contributed by atoms with van der Waals surface area (Å²) in [7, 11) is 0. The maximum atomic E-state index is 12.3. The Morgan fingerprint density at radius 2 is 1.81 bits per heavy atom. The van der Waals surface area contributed by atoms with Gasteiger partial charge in [0, 0.05) is 6.04 Å². The van der Waals surface area contributed by atoms with Gasteiger partial charge >= 0.3 is 6.03 Å². The predicted octanol–water partition coefficient (Wildman–Crippen LogP) is 1.33. The molecule has 8 heteroatoms. The Hall–Kier alpha value is -1.93. The van der Waals surface area contributed by atoms with E-state index in [1.165, 1.54) is 19.3 Å². The number of fused-ring (bicyclic) bond motifs is 1. The number of nitrogens with zero attached hydrogens (tertiary/aromatic N) is 2. The van der Waals surface area contributed by atoms with E-state index < -0.39 is 0 Å². The molecule has 142 valence electrons. The Morgan fingerprint density at radius 3 is 2.58 bits per heavy atom. The Morgan fingerprint density at radius 1 is 1.08 bits per heavy atom. The molecule has 2 N–H and O–H groups in total. The van der Waals surface area contributed by atoms with E-state index in [2.05, 4.69) is 20.6 Å². The van der Waals surface area contributed by atoms with Crippen molar-refractivity contribution in [3.8, 4) is 5.75 Å². The van der Waals surface area contributed by atoms with Gasteiger partial charge in [0.2, 0.25) is 0 Å². The van der Waals surface area contributed by atoms with E-state index >= 15 is 0 Å². The Bertz CT molecular complexity index is 620. The zero-order valence-corrected chi connectivity index (χ0v) is 15.0. The van der Waals surface area contributed by atoms with Crippen LogP contribution in [0.5, 0.6) is 5.75 Å². The molecule has 3 aliphatic rings. The van der Waals surface area contributed by atoms with Gasteiger partial charge in [-0.1, -0.05) is 19.3 Å². The van der Waals surface area contributed by atoms with Crippen LogP contribution in [0.4, 0.5) is 4.79 Å². The van der Waals surface area contributed by atoms with Crippen molar-refractivity contribution in [3.05, 3.63) is 18.2 Å². The Kier molecular flexibility index (Phi) is 5.21. The molecule has 4 rings (SSSR count). The number of carbonyl (C=O) groups is 1. The predicted molar refractivity (Wildman–Crippen MR) is 93.0 cm³/mol. The van der Waals surface area contributed by atoms with Crippen molar-refractivity contribution in [1.29, 1.82) is 0 Å². The maximum Gasteiger partial charge on any atom is 0.315 e. The number of hydrogen-bond donors (Lipinski definition) is 2. The average molecular weight is 362 g/mol. The van der Waals surface area contributed by atoms with Gasteiger partial charge in [-0.2, -0.15) is 0 Å². The Balaban J connectivity index is 1.28. The summed E-state index contributed by atoms with van der Waals surface area (Å²) in [6, 6.07) is -0.0125. The molecule has 4 atom stereocenters. The van der Waals surface area contributed by atoms with Crippen LogP contribution in [-0.2, 0) is 9.47 Å². The molecule has 3 heterocycles. The first kappa shape index (κ1) is 17.5. The summed E-state index contributed by atoms with van der Waals surface area (Å²) in [4.78, 5) is 20.5. The number of ether oxygens (including phenoxy) is 3. The molecule has 2 aliphatic heterocycles. The summed E-state index contributed by atoms with van der Waals surface area (Å²) in [5.41, 5.74) is 0. The summed E-state index contributed by atoms with van der Waals surface area (Å²) in [6.45, 7) is 2.68. The van der Waals surface area contributed by atoms with E-state index in [9.17, 15) is 4.79 Å². The fourth-order valence-electron chi connectivity index (χ4n) is 3.95. The smallest absolute Gasteiger partial charge is 0.315 e. The van der Waals surface area contributed by atoms with Gasteiger partial charge in [0.05, 0.1) is 31.6 Å². The number of urea groups is 1. The topological polar surface area (TPSA) is 94.6 Å². The van der Waals surface area contributed by atoms with Crippen molar-refractivity contribution in [2.45, 2.75) is 69.4 Å². The number of hydrogen-bond acceptors (Lipinski definition) is 6. The molecule has 3 fully saturated rings. The quantitative estimate of drug-likeness (QED) is 0.839. The van der Waals surface area contributed by atoms with E-state index in [1.807, 2.05) is 6.92 Å². The third-order valence-electron chi connectivity index (χ3n) is 5.31. The minimum atomic E-state index is -0.223.